The molecule has 0 fully saturated rings. The summed E-state index contributed by atoms with van der Waals surface area (Å²) in [6.45, 7) is 9.11. The zero-order chi connectivity index (χ0) is 44.0. The highest BCUT2D eigenvalue weighted by molar-refractivity contribution is 7.10. The minimum absolute atomic E-state index is 0.261. The Hall–Kier alpha value is -7.66. The van der Waals surface area contributed by atoms with Crippen LogP contribution in [-0.4, -0.2) is 10.6 Å². The van der Waals surface area contributed by atoms with Crippen LogP contribution in [0.25, 0.3) is 89.9 Å². The quantitative estimate of drug-likeness (QED) is 0.166. The first-order valence-corrected chi connectivity index (χ1v) is 23.9. The van der Waals surface area contributed by atoms with E-state index < -0.39 is 0 Å². The van der Waals surface area contributed by atoms with E-state index in [2.05, 4.69) is 224 Å². The van der Waals surface area contributed by atoms with Crippen LogP contribution >= 0.6 is 11.3 Å². The maximum atomic E-state index is 6.58. The smallest absolute Gasteiger partial charge is 0.143 e. The van der Waals surface area contributed by atoms with Crippen LogP contribution in [-0.2, 0) is 0 Å². The molecule has 7 aromatic carbocycles. The van der Waals surface area contributed by atoms with Crippen molar-refractivity contribution in [3.05, 3.63) is 226 Å². The molecule has 3 aromatic heterocycles. The minimum Gasteiger partial charge on any atom is -0.455 e. The largest absolute Gasteiger partial charge is 0.455 e. The van der Waals surface area contributed by atoms with Crippen molar-refractivity contribution in [3.8, 4) is 27.9 Å². The molecule has 3 unspecified atom stereocenters. The molecule has 0 radical (unpaired) electrons. The van der Waals surface area contributed by atoms with Gasteiger partial charge in [0.25, 0.3) is 0 Å². The van der Waals surface area contributed by atoms with E-state index in [9.17, 15) is 0 Å². The van der Waals surface area contributed by atoms with Crippen molar-refractivity contribution in [2.75, 3.05) is 4.90 Å². The Balaban J connectivity index is 0.968. The lowest BCUT2D eigenvalue weighted by molar-refractivity contribution is 0.670. The van der Waals surface area contributed by atoms with Gasteiger partial charge in [-0.3, -0.25) is 0 Å². The van der Waals surface area contributed by atoms with Crippen molar-refractivity contribution >= 4 is 84.7 Å². The summed E-state index contributed by atoms with van der Waals surface area (Å²) in [4.78, 5) is 3.93. The maximum absolute atomic E-state index is 6.58. The monoisotopic (exact) mass is 866 g/mol. The van der Waals surface area contributed by atoms with Gasteiger partial charge in [0.05, 0.1) is 17.1 Å². The fourth-order valence-corrected chi connectivity index (χ4v) is 12.4. The summed E-state index contributed by atoms with van der Waals surface area (Å²) in [5.41, 5.74) is 17.5. The van der Waals surface area contributed by atoms with E-state index in [-0.39, 0.29) is 6.04 Å². The zero-order valence-electron chi connectivity index (χ0n) is 36.9. The fourth-order valence-electron chi connectivity index (χ4n) is 11.1. The average molecular weight is 867 g/mol. The molecule has 0 saturated heterocycles. The van der Waals surface area contributed by atoms with Crippen LogP contribution in [0.4, 0.5) is 11.4 Å². The van der Waals surface area contributed by atoms with Crippen LogP contribution in [0.5, 0.6) is 0 Å². The van der Waals surface area contributed by atoms with E-state index in [1.165, 1.54) is 70.5 Å². The highest BCUT2D eigenvalue weighted by atomic mass is 32.1. The Morgan fingerprint density at radius 3 is 2.30 bits per heavy atom. The number of fused-ring (bicyclic) bond motifs is 10. The molecule has 2 aliphatic carbocycles. The molecule has 316 valence electrons. The number of allylic oxidation sites excluding steroid dienone is 5. The lowest BCUT2D eigenvalue weighted by atomic mass is 9.90. The number of anilines is 2. The Kier molecular flexibility index (Phi) is 8.94. The first-order chi connectivity index (χ1) is 32.5. The van der Waals surface area contributed by atoms with Crippen molar-refractivity contribution in [2.45, 2.75) is 38.1 Å². The highest BCUT2D eigenvalue weighted by Gasteiger charge is 2.37. The van der Waals surface area contributed by atoms with Crippen molar-refractivity contribution in [2.24, 2.45) is 0 Å². The molecule has 3 aliphatic rings. The molecule has 3 atom stereocenters. The number of nitrogens with zero attached hydrogens (tertiary/aromatic N) is 2. The van der Waals surface area contributed by atoms with Gasteiger partial charge in [0.2, 0.25) is 0 Å². The van der Waals surface area contributed by atoms with Gasteiger partial charge in [0, 0.05) is 59.5 Å². The lowest BCUT2D eigenvalue weighted by Gasteiger charge is -2.28. The number of hydrogen-bond donors (Lipinski definition) is 0. The Morgan fingerprint density at radius 2 is 1.45 bits per heavy atom. The molecule has 0 N–H and O–H groups in total. The fraction of sp³-hybridized carbons (Fsp3) is 0.0968. The molecule has 4 heteroatoms. The van der Waals surface area contributed by atoms with Gasteiger partial charge in [-0.05, 0) is 130 Å². The first kappa shape index (κ1) is 38.8. The second-order valence-corrected chi connectivity index (χ2v) is 19.1. The molecule has 0 bridgehead atoms. The van der Waals surface area contributed by atoms with E-state index in [0.717, 1.165) is 55.9 Å². The molecule has 4 heterocycles. The molecule has 0 amide bonds. The summed E-state index contributed by atoms with van der Waals surface area (Å²) in [6.07, 6.45) is 19.2. The third-order valence-electron chi connectivity index (χ3n) is 14.2. The number of furan rings is 1. The second kappa shape index (κ2) is 15.2. The predicted molar refractivity (Wildman–Crippen MR) is 281 cm³/mol. The molecule has 0 spiro atoms. The maximum Gasteiger partial charge on any atom is 0.143 e. The van der Waals surface area contributed by atoms with E-state index in [0.29, 0.717) is 11.8 Å². The van der Waals surface area contributed by atoms with Crippen molar-refractivity contribution < 1.29 is 4.42 Å². The van der Waals surface area contributed by atoms with Crippen LogP contribution in [0.1, 0.15) is 53.7 Å². The number of rotatable bonds is 6. The molecule has 66 heavy (non-hydrogen) atoms. The van der Waals surface area contributed by atoms with Crippen LogP contribution in [0.3, 0.4) is 0 Å². The number of para-hydroxylation sites is 3. The molecular formula is C62H46N2OS. The zero-order valence-corrected chi connectivity index (χ0v) is 37.7. The summed E-state index contributed by atoms with van der Waals surface area (Å²) in [7, 11) is 0. The SMILES string of the molecule is C=c1c2c(s/c1=C(/C=C\C)c1ccc3c(c1)c1cc(-c4cccc5c4oc4ccccc45)ccc1n3-c1ccc(-c3ccc4c(c3)C3C=CC=CC3N4c3ccccc3)cc1)C(C)CC=C2. The third-order valence-corrected chi connectivity index (χ3v) is 15.7. The molecule has 1 aliphatic heterocycles. The molecule has 10 aromatic rings. The minimum atomic E-state index is 0.261. The lowest BCUT2D eigenvalue weighted by Crippen LogP contribution is -2.28. The van der Waals surface area contributed by atoms with Gasteiger partial charge in [-0.2, -0.15) is 0 Å². The van der Waals surface area contributed by atoms with Crippen molar-refractivity contribution in [3.63, 3.8) is 0 Å². The molecular weight excluding hydrogens is 821 g/mol. The summed E-state index contributed by atoms with van der Waals surface area (Å²) < 4.78 is 10.3. The Morgan fingerprint density at radius 1 is 0.697 bits per heavy atom. The van der Waals surface area contributed by atoms with E-state index in [1.807, 2.05) is 17.4 Å². The van der Waals surface area contributed by atoms with Crippen LogP contribution in [0.2, 0.25) is 0 Å². The van der Waals surface area contributed by atoms with Gasteiger partial charge in [0.1, 0.15) is 11.2 Å². The van der Waals surface area contributed by atoms with Crippen LogP contribution in [0, 0.1) is 0 Å². The van der Waals surface area contributed by atoms with Crippen LogP contribution in [0.15, 0.2) is 199 Å². The van der Waals surface area contributed by atoms with Gasteiger partial charge in [0.15, 0.2) is 0 Å². The van der Waals surface area contributed by atoms with Crippen molar-refractivity contribution in [1.29, 1.82) is 0 Å². The van der Waals surface area contributed by atoms with E-state index >= 15 is 0 Å². The summed E-state index contributed by atoms with van der Waals surface area (Å²) in [6, 6.07) is 56.0. The standard InChI is InChI=1S/C62H46N2OS/c1-4-14-48(62-39(3)46-20-12-15-38(2)61(46)66-62)43-29-34-58-54(37-43)53-36-42(47-21-13-22-51-50-19-9-11-24-59(50)65-60(47)51)28-33-57(53)64(58)45-30-25-40(26-31-45)41-27-32-56-52(35-41)49-18-8-10-23-55(49)63(56)44-16-6-5-7-17-44/h4-14,16-38,49,55H,3,15H2,1-2H3/b14-4-,62-48-. The third kappa shape index (κ3) is 5.95. The van der Waals surface area contributed by atoms with Gasteiger partial charge >= 0.3 is 0 Å². The van der Waals surface area contributed by atoms with Gasteiger partial charge in [-0.25, -0.2) is 0 Å². The highest BCUT2D eigenvalue weighted by Crippen LogP contribution is 2.49. The first-order valence-electron chi connectivity index (χ1n) is 23.1. The molecule has 13 rings (SSSR count). The van der Waals surface area contributed by atoms with E-state index in [4.69, 9.17) is 4.42 Å². The normalized spacial score (nSPS) is 18.0. The summed E-state index contributed by atoms with van der Waals surface area (Å²) >= 11 is 1.91. The topological polar surface area (TPSA) is 21.3 Å². The number of aromatic nitrogens is 1. The van der Waals surface area contributed by atoms with Gasteiger partial charge in [-0.15, -0.1) is 11.3 Å². The number of benzene rings is 7. The summed E-state index contributed by atoms with van der Waals surface area (Å²) in [5, 5.41) is 5.80. The van der Waals surface area contributed by atoms with Crippen LogP contribution < -0.4 is 14.7 Å². The predicted octanol–water partition coefficient (Wildman–Crippen LogP) is 15.5. The Labute approximate surface area is 388 Å². The number of hydrogen-bond acceptors (Lipinski definition) is 3. The second-order valence-electron chi connectivity index (χ2n) is 18.0. The van der Waals surface area contributed by atoms with Gasteiger partial charge in [-0.1, -0.05) is 147 Å². The number of thiophene rings is 1. The Bertz CT molecular complexity index is 3850. The summed E-state index contributed by atoms with van der Waals surface area (Å²) in [5.74, 6) is 0.788. The average Bonchev–Trinajstić information content (AvgIpc) is 4.11. The molecule has 3 nitrogen and oxygen atoms in total. The van der Waals surface area contributed by atoms with Gasteiger partial charge < -0.3 is 13.9 Å². The van der Waals surface area contributed by atoms with E-state index in [1.54, 1.807) is 0 Å². The van der Waals surface area contributed by atoms with Crippen molar-refractivity contribution in [1.82, 2.24) is 4.57 Å². The molecule has 0 saturated carbocycles.